The first-order valence-electron chi connectivity index (χ1n) is 8.17. The first-order valence-corrected chi connectivity index (χ1v) is 8.17. The largest absolute Gasteiger partial charge is 0.356 e. The SMILES string of the molecule is CC1CCN(c2ccnc(NCCc3ccccc3)n2)CC1. The molecule has 2 heterocycles. The molecule has 0 bridgehead atoms. The molecule has 1 saturated heterocycles. The number of rotatable bonds is 5. The maximum Gasteiger partial charge on any atom is 0.224 e. The van der Waals surface area contributed by atoms with Crippen molar-refractivity contribution < 1.29 is 0 Å². The predicted octanol–water partition coefficient (Wildman–Crippen LogP) is 3.37. The zero-order chi connectivity index (χ0) is 15.2. The Labute approximate surface area is 132 Å². The fourth-order valence-electron chi connectivity index (χ4n) is 2.81. The Morgan fingerprint density at radius 3 is 2.68 bits per heavy atom. The average molecular weight is 296 g/mol. The molecule has 0 saturated carbocycles. The van der Waals surface area contributed by atoms with Crippen molar-refractivity contribution in [2.45, 2.75) is 26.2 Å². The van der Waals surface area contributed by atoms with E-state index >= 15 is 0 Å². The highest BCUT2D eigenvalue weighted by Gasteiger charge is 2.17. The second kappa shape index (κ2) is 7.25. The third-order valence-electron chi connectivity index (χ3n) is 4.29. The number of piperidine rings is 1. The molecule has 4 heteroatoms. The van der Waals surface area contributed by atoms with Gasteiger partial charge in [-0.15, -0.1) is 0 Å². The zero-order valence-electron chi connectivity index (χ0n) is 13.2. The lowest BCUT2D eigenvalue weighted by Crippen LogP contribution is -2.33. The summed E-state index contributed by atoms with van der Waals surface area (Å²) in [5.74, 6) is 2.61. The Bertz CT molecular complexity index is 577. The summed E-state index contributed by atoms with van der Waals surface area (Å²) < 4.78 is 0. The lowest BCUT2D eigenvalue weighted by Gasteiger charge is -2.31. The van der Waals surface area contributed by atoms with Crippen LogP contribution in [0.25, 0.3) is 0 Å². The molecule has 1 aliphatic rings. The monoisotopic (exact) mass is 296 g/mol. The van der Waals surface area contributed by atoms with Gasteiger partial charge in [0.05, 0.1) is 0 Å². The molecule has 4 nitrogen and oxygen atoms in total. The maximum absolute atomic E-state index is 4.66. The van der Waals surface area contributed by atoms with Crippen LogP contribution in [0.3, 0.4) is 0 Å². The van der Waals surface area contributed by atoms with Crippen LogP contribution in [-0.4, -0.2) is 29.6 Å². The minimum Gasteiger partial charge on any atom is -0.356 e. The van der Waals surface area contributed by atoms with E-state index in [-0.39, 0.29) is 0 Å². The van der Waals surface area contributed by atoms with Crippen LogP contribution >= 0.6 is 0 Å². The van der Waals surface area contributed by atoms with Crippen molar-refractivity contribution in [1.82, 2.24) is 9.97 Å². The van der Waals surface area contributed by atoms with Crippen molar-refractivity contribution in [2.24, 2.45) is 5.92 Å². The number of benzene rings is 1. The highest BCUT2D eigenvalue weighted by Crippen LogP contribution is 2.21. The van der Waals surface area contributed by atoms with E-state index in [1.165, 1.54) is 18.4 Å². The van der Waals surface area contributed by atoms with Gasteiger partial charge < -0.3 is 10.2 Å². The van der Waals surface area contributed by atoms with Crippen molar-refractivity contribution in [3.63, 3.8) is 0 Å². The van der Waals surface area contributed by atoms with E-state index in [0.29, 0.717) is 0 Å². The van der Waals surface area contributed by atoms with Crippen molar-refractivity contribution in [2.75, 3.05) is 29.9 Å². The molecule has 0 radical (unpaired) electrons. The summed E-state index contributed by atoms with van der Waals surface area (Å²) in [4.78, 5) is 11.4. The summed E-state index contributed by atoms with van der Waals surface area (Å²) in [7, 11) is 0. The Morgan fingerprint density at radius 2 is 1.91 bits per heavy atom. The molecule has 22 heavy (non-hydrogen) atoms. The molecule has 0 unspecified atom stereocenters. The number of nitrogens with zero attached hydrogens (tertiary/aromatic N) is 3. The van der Waals surface area contributed by atoms with Gasteiger partial charge in [0.25, 0.3) is 0 Å². The molecule has 0 atom stereocenters. The first-order chi connectivity index (χ1) is 10.8. The highest BCUT2D eigenvalue weighted by molar-refractivity contribution is 5.42. The van der Waals surface area contributed by atoms with E-state index in [1.807, 2.05) is 18.3 Å². The Morgan fingerprint density at radius 1 is 1.14 bits per heavy atom. The summed E-state index contributed by atoms with van der Waals surface area (Å²) in [6.45, 7) is 5.38. The van der Waals surface area contributed by atoms with Gasteiger partial charge >= 0.3 is 0 Å². The highest BCUT2D eigenvalue weighted by atomic mass is 15.2. The summed E-state index contributed by atoms with van der Waals surface area (Å²) in [5.41, 5.74) is 1.33. The van der Waals surface area contributed by atoms with Crippen LogP contribution in [-0.2, 0) is 6.42 Å². The summed E-state index contributed by atoms with van der Waals surface area (Å²) in [5, 5.41) is 3.33. The molecule has 2 aromatic rings. The van der Waals surface area contributed by atoms with E-state index in [1.54, 1.807) is 0 Å². The fourth-order valence-corrected chi connectivity index (χ4v) is 2.81. The maximum atomic E-state index is 4.66. The molecule has 1 fully saturated rings. The van der Waals surface area contributed by atoms with Crippen LogP contribution in [0, 0.1) is 5.92 Å². The number of hydrogen-bond donors (Lipinski definition) is 1. The van der Waals surface area contributed by atoms with Crippen molar-refractivity contribution >= 4 is 11.8 Å². The quantitative estimate of drug-likeness (QED) is 0.918. The molecule has 1 N–H and O–H groups in total. The minimum absolute atomic E-state index is 0.729. The molecule has 0 amide bonds. The Hall–Kier alpha value is -2.10. The van der Waals surface area contributed by atoms with E-state index in [9.17, 15) is 0 Å². The third kappa shape index (κ3) is 3.97. The molecule has 1 aromatic carbocycles. The Kier molecular flexibility index (Phi) is 4.88. The van der Waals surface area contributed by atoms with Gasteiger partial charge in [0.1, 0.15) is 5.82 Å². The van der Waals surface area contributed by atoms with Gasteiger partial charge in [-0.25, -0.2) is 4.98 Å². The van der Waals surface area contributed by atoms with Crippen molar-refractivity contribution in [3.05, 3.63) is 48.2 Å². The van der Waals surface area contributed by atoms with Crippen molar-refractivity contribution in [1.29, 1.82) is 0 Å². The van der Waals surface area contributed by atoms with Crippen LogP contribution in [0.4, 0.5) is 11.8 Å². The Balaban J connectivity index is 1.55. The number of nitrogens with one attached hydrogen (secondary N) is 1. The van der Waals surface area contributed by atoms with Crippen LogP contribution in [0.5, 0.6) is 0 Å². The van der Waals surface area contributed by atoms with E-state index < -0.39 is 0 Å². The molecule has 3 rings (SSSR count). The minimum atomic E-state index is 0.729. The summed E-state index contributed by atoms with van der Waals surface area (Å²) in [6.07, 6.45) is 5.34. The lowest BCUT2D eigenvalue weighted by atomic mass is 9.99. The summed E-state index contributed by atoms with van der Waals surface area (Å²) in [6, 6.07) is 12.5. The molecule has 1 aliphatic heterocycles. The molecular weight excluding hydrogens is 272 g/mol. The van der Waals surface area contributed by atoms with Crippen molar-refractivity contribution in [3.8, 4) is 0 Å². The zero-order valence-corrected chi connectivity index (χ0v) is 13.2. The van der Waals surface area contributed by atoms with Gasteiger partial charge in [0.2, 0.25) is 5.95 Å². The van der Waals surface area contributed by atoms with Crippen LogP contribution in [0.15, 0.2) is 42.6 Å². The average Bonchev–Trinajstić information content (AvgIpc) is 2.57. The van der Waals surface area contributed by atoms with Gasteiger partial charge in [0.15, 0.2) is 0 Å². The third-order valence-corrected chi connectivity index (χ3v) is 4.29. The molecule has 0 spiro atoms. The molecular formula is C18H24N4. The number of hydrogen-bond acceptors (Lipinski definition) is 4. The molecule has 1 aromatic heterocycles. The van der Waals surface area contributed by atoms with E-state index in [2.05, 4.69) is 51.4 Å². The topological polar surface area (TPSA) is 41.1 Å². The normalized spacial score (nSPS) is 15.8. The van der Waals surface area contributed by atoms with E-state index in [0.717, 1.165) is 43.7 Å². The van der Waals surface area contributed by atoms with Crippen LogP contribution in [0.1, 0.15) is 25.3 Å². The van der Waals surface area contributed by atoms with Crippen LogP contribution < -0.4 is 10.2 Å². The predicted molar refractivity (Wildman–Crippen MR) is 91.3 cm³/mol. The first kappa shape index (κ1) is 14.8. The van der Waals surface area contributed by atoms with Crippen LogP contribution in [0.2, 0.25) is 0 Å². The lowest BCUT2D eigenvalue weighted by molar-refractivity contribution is 0.436. The van der Waals surface area contributed by atoms with E-state index in [4.69, 9.17) is 0 Å². The molecule has 116 valence electrons. The standard InChI is InChI=1S/C18H24N4/c1-15-9-13-22(14-10-15)17-8-12-20-18(21-17)19-11-7-16-5-3-2-4-6-16/h2-6,8,12,15H,7,9-11,13-14H2,1H3,(H,19,20,21). The van der Waals surface area contributed by atoms with Gasteiger partial charge in [-0.1, -0.05) is 37.3 Å². The van der Waals surface area contributed by atoms with Gasteiger partial charge in [-0.3, -0.25) is 0 Å². The van der Waals surface area contributed by atoms with Gasteiger partial charge in [-0.05, 0) is 36.8 Å². The smallest absolute Gasteiger partial charge is 0.224 e. The second-order valence-corrected chi connectivity index (χ2v) is 6.07. The number of aromatic nitrogens is 2. The fraction of sp³-hybridized carbons (Fsp3) is 0.444. The number of anilines is 2. The summed E-state index contributed by atoms with van der Waals surface area (Å²) >= 11 is 0. The molecule has 0 aliphatic carbocycles. The van der Waals surface area contributed by atoms with Gasteiger partial charge in [-0.2, -0.15) is 4.98 Å². The second-order valence-electron chi connectivity index (χ2n) is 6.07. The van der Waals surface area contributed by atoms with Gasteiger partial charge in [0, 0.05) is 25.8 Å².